The van der Waals surface area contributed by atoms with Gasteiger partial charge < -0.3 is 4.57 Å². The van der Waals surface area contributed by atoms with Crippen LogP contribution < -0.4 is 0 Å². The number of sulfone groups is 1. The van der Waals surface area contributed by atoms with Crippen molar-refractivity contribution in [3.8, 4) is 0 Å². The van der Waals surface area contributed by atoms with E-state index in [4.69, 9.17) is 0 Å². The summed E-state index contributed by atoms with van der Waals surface area (Å²) >= 11 is 0. The van der Waals surface area contributed by atoms with Gasteiger partial charge in [0.25, 0.3) is 0 Å². The van der Waals surface area contributed by atoms with Crippen LogP contribution in [0.5, 0.6) is 0 Å². The Labute approximate surface area is 96.6 Å². The second-order valence-electron chi connectivity index (χ2n) is 4.51. The van der Waals surface area contributed by atoms with Gasteiger partial charge >= 0.3 is 0 Å². The van der Waals surface area contributed by atoms with Crippen LogP contribution in [0.1, 0.15) is 25.5 Å². The van der Waals surface area contributed by atoms with E-state index in [-0.39, 0.29) is 0 Å². The summed E-state index contributed by atoms with van der Waals surface area (Å²) < 4.78 is 24.6. The molecule has 2 rings (SSSR count). The minimum absolute atomic E-state index is 0.354. The van der Waals surface area contributed by atoms with Gasteiger partial charge in [0, 0.05) is 12.7 Å². The number of imidazole rings is 1. The standard InChI is InChI=1S/C11H18N2O2S/c1-2-11-8-13(9-12-11)7-10-3-5-16(14,15)6-4-10/h8-10H,2-7H2,1H3. The summed E-state index contributed by atoms with van der Waals surface area (Å²) in [6, 6.07) is 0. The van der Waals surface area contributed by atoms with Gasteiger partial charge in [0.05, 0.1) is 23.5 Å². The van der Waals surface area contributed by atoms with Gasteiger partial charge in [0.2, 0.25) is 0 Å². The van der Waals surface area contributed by atoms with E-state index in [0.29, 0.717) is 17.4 Å². The molecule has 2 heterocycles. The summed E-state index contributed by atoms with van der Waals surface area (Å²) in [6.45, 7) is 2.99. The number of nitrogens with zero attached hydrogens (tertiary/aromatic N) is 2. The quantitative estimate of drug-likeness (QED) is 0.802. The smallest absolute Gasteiger partial charge is 0.150 e. The lowest BCUT2D eigenvalue weighted by Gasteiger charge is -2.21. The van der Waals surface area contributed by atoms with Crippen LogP contribution in [0, 0.1) is 5.92 Å². The Morgan fingerprint density at radius 1 is 1.44 bits per heavy atom. The van der Waals surface area contributed by atoms with Crippen molar-refractivity contribution in [3.05, 3.63) is 18.2 Å². The molecule has 16 heavy (non-hydrogen) atoms. The fourth-order valence-electron chi connectivity index (χ4n) is 2.11. The normalized spacial score (nSPS) is 21.1. The van der Waals surface area contributed by atoms with Gasteiger partial charge in [-0.25, -0.2) is 13.4 Å². The number of aromatic nitrogens is 2. The van der Waals surface area contributed by atoms with Crippen molar-refractivity contribution in [1.29, 1.82) is 0 Å². The molecule has 1 aliphatic rings. The molecule has 1 aromatic heterocycles. The molecule has 0 aromatic carbocycles. The highest BCUT2D eigenvalue weighted by Gasteiger charge is 2.23. The van der Waals surface area contributed by atoms with Gasteiger partial charge in [-0.2, -0.15) is 0 Å². The van der Waals surface area contributed by atoms with E-state index < -0.39 is 9.84 Å². The lowest BCUT2D eigenvalue weighted by Crippen LogP contribution is -2.25. The molecule has 0 amide bonds. The summed E-state index contributed by atoms with van der Waals surface area (Å²) in [5.41, 5.74) is 1.10. The van der Waals surface area contributed by atoms with Crippen LogP contribution in [0.3, 0.4) is 0 Å². The maximum Gasteiger partial charge on any atom is 0.150 e. The summed E-state index contributed by atoms with van der Waals surface area (Å²) in [4.78, 5) is 4.27. The van der Waals surface area contributed by atoms with Gasteiger partial charge in [0.15, 0.2) is 0 Å². The van der Waals surface area contributed by atoms with Gasteiger partial charge in [-0.3, -0.25) is 0 Å². The van der Waals surface area contributed by atoms with Gasteiger partial charge in [-0.15, -0.1) is 0 Å². The van der Waals surface area contributed by atoms with Crippen molar-refractivity contribution >= 4 is 9.84 Å². The van der Waals surface area contributed by atoms with E-state index in [0.717, 1.165) is 31.5 Å². The monoisotopic (exact) mass is 242 g/mol. The van der Waals surface area contributed by atoms with Crippen molar-refractivity contribution in [2.45, 2.75) is 32.7 Å². The molecule has 1 saturated heterocycles. The van der Waals surface area contributed by atoms with Gasteiger partial charge in [0.1, 0.15) is 9.84 Å². The summed E-state index contributed by atoms with van der Waals surface area (Å²) in [5, 5.41) is 0. The van der Waals surface area contributed by atoms with Crippen molar-refractivity contribution in [2.75, 3.05) is 11.5 Å². The molecular weight excluding hydrogens is 224 g/mol. The molecule has 0 spiro atoms. The zero-order valence-electron chi connectivity index (χ0n) is 9.59. The summed E-state index contributed by atoms with van der Waals surface area (Å²) in [5.74, 6) is 1.20. The highest BCUT2D eigenvalue weighted by Crippen LogP contribution is 2.20. The maximum absolute atomic E-state index is 11.3. The molecule has 1 fully saturated rings. The molecule has 0 saturated carbocycles. The summed E-state index contributed by atoms with van der Waals surface area (Å²) in [6.07, 6.45) is 6.45. The van der Waals surface area contributed by atoms with Crippen molar-refractivity contribution < 1.29 is 8.42 Å². The SMILES string of the molecule is CCc1cn(CC2CCS(=O)(=O)CC2)cn1. The third-order valence-electron chi connectivity index (χ3n) is 3.19. The predicted octanol–water partition coefficient (Wildman–Crippen LogP) is 1.27. The number of rotatable bonds is 3. The first-order chi connectivity index (χ1) is 7.59. The van der Waals surface area contributed by atoms with Crippen molar-refractivity contribution in [1.82, 2.24) is 9.55 Å². The molecule has 1 aliphatic heterocycles. The average molecular weight is 242 g/mol. The van der Waals surface area contributed by atoms with Crippen LogP contribution in [0.4, 0.5) is 0 Å². The first-order valence-corrected chi connectivity index (χ1v) is 7.62. The van der Waals surface area contributed by atoms with Gasteiger partial charge in [-0.05, 0) is 25.2 Å². The molecule has 4 nitrogen and oxygen atoms in total. The molecule has 0 unspecified atom stereocenters. The Hall–Kier alpha value is -0.840. The van der Waals surface area contributed by atoms with Gasteiger partial charge in [-0.1, -0.05) is 6.92 Å². The minimum atomic E-state index is -2.73. The van der Waals surface area contributed by atoms with E-state index in [1.165, 1.54) is 0 Å². The molecule has 0 aliphatic carbocycles. The van der Waals surface area contributed by atoms with E-state index in [1.54, 1.807) is 0 Å². The van der Waals surface area contributed by atoms with E-state index in [1.807, 2.05) is 6.33 Å². The molecule has 0 N–H and O–H groups in total. The zero-order chi connectivity index (χ0) is 11.6. The lowest BCUT2D eigenvalue weighted by atomic mass is 10.0. The fraction of sp³-hybridized carbons (Fsp3) is 0.727. The van der Waals surface area contributed by atoms with Crippen LogP contribution >= 0.6 is 0 Å². The molecule has 1 aromatic rings. The Bertz CT molecular complexity index is 436. The van der Waals surface area contributed by atoms with Crippen LogP contribution in [0.15, 0.2) is 12.5 Å². The van der Waals surface area contributed by atoms with Crippen LogP contribution in [0.2, 0.25) is 0 Å². The molecule has 0 bridgehead atoms. The zero-order valence-corrected chi connectivity index (χ0v) is 10.4. The van der Waals surface area contributed by atoms with E-state index in [9.17, 15) is 8.42 Å². The van der Waals surface area contributed by atoms with E-state index >= 15 is 0 Å². The molecule has 0 radical (unpaired) electrons. The van der Waals surface area contributed by atoms with Crippen LogP contribution in [-0.4, -0.2) is 29.5 Å². The Morgan fingerprint density at radius 3 is 2.69 bits per heavy atom. The highest BCUT2D eigenvalue weighted by molar-refractivity contribution is 7.91. The molecule has 90 valence electrons. The van der Waals surface area contributed by atoms with Crippen molar-refractivity contribution in [2.24, 2.45) is 5.92 Å². The Kier molecular flexibility index (Phi) is 3.33. The molecule has 5 heteroatoms. The molecule has 0 atom stereocenters. The Morgan fingerprint density at radius 2 is 2.12 bits per heavy atom. The number of aryl methyl sites for hydroxylation is 1. The lowest BCUT2D eigenvalue weighted by molar-refractivity contribution is 0.403. The topological polar surface area (TPSA) is 52.0 Å². The highest BCUT2D eigenvalue weighted by atomic mass is 32.2. The second-order valence-corrected chi connectivity index (χ2v) is 6.81. The molecular formula is C11H18N2O2S. The largest absolute Gasteiger partial charge is 0.337 e. The van der Waals surface area contributed by atoms with Crippen LogP contribution in [-0.2, 0) is 22.8 Å². The third kappa shape index (κ3) is 2.84. The maximum atomic E-state index is 11.3. The first kappa shape index (κ1) is 11.6. The third-order valence-corrected chi connectivity index (χ3v) is 4.91. The first-order valence-electron chi connectivity index (χ1n) is 5.80. The Balaban J connectivity index is 1.91. The summed E-state index contributed by atoms with van der Waals surface area (Å²) in [7, 11) is -2.73. The fourth-order valence-corrected chi connectivity index (χ4v) is 3.70. The van der Waals surface area contributed by atoms with Crippen LogP contribution in [0.25, 0.3) is 0 Å². The number of hydrogen-bond donors (Lipinski definition) is 0. The number of hydrogen-bond acceptors (Lipinski definition) is 3. The minimum Gasteiger partial charge on any atom is -0.337 e. The van der Waals surface area contributed by atoms with E-state index in [2.05, 4.69) is 22.7 Å². The average Bonchev–Trinajstić information content (AvgIpc) is 2.69. The predicted molar refractivity (Wildman–Crippen MR) is 63.0 cm³/mol. The van der Waals surface area contributed by atoms with Crippen molar-refractivity contribution in [3.63, 3.8) is 0 Å². The second kappa shape index (κ2) is 4.57.